The zero-order valence-corrected chi connectivity index (χ0v) is 11.2. The number of allylic oxidation sites excluding steroid dienone is 3. The fourth-order valence-electron chi connectivity index (χ4n) is 1.70. The lowest BCUT2D eigenvalue weighted by Gasteiger charge is -2.17. The molecule has 0 N–H and O–H groups in total. The van der Waals surface area contributed by atoms with Crippen LogP contribution >= 0.6 is 0 Å². The molecule has 0 aromatic carbocycles. The van der Waals surface area contributed by atoms with Crippen LogP contribution in [0.5, 0.6) is 0 Å². The molecule has 0 aromatic rings. The summed E-state index contributed by atoms with van der Waals surface area (Å²) in [7, 11) is 0. The van der Waals surface area contributed by atoms with E-state index in [-0.39, 0.29) is 5.92 Å². The largest absolute Gasteiger partial charge is 0.393 e. The number of rotatable bonds is 3. The maximum absolute atomic E-state index is 11.6. The predicted molar refractivity (Wildman–Crippen MR) is 68.4 cm³/mol. The van der Waals surface area contributed by atoms with Gasteiger partial charge in [0, 0.05) is 6.92 Å². The Bertz CT molecular complexity index is 313. The summed E-state index contributed by atoms with van der Waals surface area (Å²) in [6.07, 6.45) is 8.46. The molecule has 1 aliphatic carbocycles. The number of hydrogen-bond acceptors (Lipinski definition) is 3. The molecule has 17 heavy (non-hydrogen) atoms. The predicted octanol–water partition coefficient (Wildman–Crippen LogP) is 3.40. The van der Waals surface area contributed by atoms with Crippen LogP contribution in [0.1, 0.15) is 47.0 Å². The van der Waals surface area contributed by atoms with Crippen LogP contribution in [-0.4, -0.2) is 11.9 Å². The normalized spacial score (nSPS) is 15.2. The van der Waals surface area contributed by atoms with Crippen molar-refractivity contribution in [2.45, 2.75) is 47.0 Å². The van der Waals surface area contributed by atoms with Crippen molar-refractivity contribution in [3.05, 3.63) is 23.8 Å². The fourth-order valence-corrected chi connectivity index (χ4v) is 1.70. The first-order valence-electron chi connectivity index (χ1n) is 6.23. The van der Waals surface area contributed by atoms with Gasteiger partial charge in [0.1, 0.15) is 0 Å². The van der Waals surface area contributed by atoms with Gasteiger partial charge in [0.25, 0.3) is 0 Å². The lowest BCUT2D eigenvalue weighted by Crippen LogP contribution is -2.21. The molecule has 0 aliphatic heterocycles. The van der Waals surface area contributed by atoms with Gasteiger partial charge in [0.05, 0.1) is 5.92 Å². The molecular formula is C14H22O3. The van der Waals surface area contributed by atoms with E-state index in [2.05, 4.69) is 10.8 Å². The molecule has 3 nitrogen and oxygen atoms in total. The molecule has 0 saturated heterocycles. The average molecular weight is 238 g/mol. The topological polar surface area (TPSA) is 43.4 Å². The van der Waals surface area contributed by atoms with Gasteiger partial charge >= 0.3 is 11.9 Å². The number of hydrogen-bond donors (Lipinski definition) is 0. The van der Waals surface area contributed by atoms with Crippen molar-refractivity contribution in [2.24, 2.45) is 5.92 Å². The Morgan fingerprint density at radius 1 is 1.41 bits per heavy atom. The van der Waals surface area contributed by atoms with Crippen LogP contribution in [-0.2, 0) is 14.3 Å². The van der Waals surface area contributed by atoms with Crippen molar-refractivity contribution in [1.82, 2.24) is 0 Å². The number of ether oxygens (including phenoxy) is 1. The minimum atomic E-state index is -0.537. The molecule has 3 heteroatoms. The van der Waals surface area contributed by atoms with E-state index in [0.29, 0.717) is 6.42 Å². The summed E-state index contributed by atoms with van der Waals surface area (Å²) < 4.78 is 4.61. The van der Waals surface area contributed by atoms with Gasteiger partial charge < -0.3 is 4.74 Å². The summed E-state index contributed by atoms with van der Waals surface area (Å²) >= 11 is 0. The minimum absolute atomic E-state index is 0.265. The standard InChI is InChI=1S/C12H16O3.C2H6/c1-3-11(12(14)15-9(2)13)10-7-5-4-6-8-10;1-2/h4-5,7,11H,3,6,8H2,1-2H3;1-2H3. The first kappa shape index (κ1) is 15.6. The van der Waals surface area contributed by atoms with Crippen molar-refractivity contribution in [3.63, 3.8) is 0 Å². The van der Waals surface area contributed by atoms with Crippen LogP contribution in [0.15, 0.2) is 23.8 Å². The van der Waals surface area contributed by atoms with Crippen molar-refractivity contribution >= 4 is 11.9 Å². The maximum atomic E-state index is 11.6. The lowest BCUT2D eigenvalue weighted by molar-refractivity contribution is -0.160. The van der Waals surface area contributed by atoms with Gasteiger partial charge in [-0.1, -0.05) is 44.6 Å². The van der Waals surface area contributed by atoms with Gasteiger partial charge in [-0.25, -0.2) is 0 Å². The first-order chi connectivity index (χ1) is 8.15. The van der Waals surface area contributed by atoms with Crippen molar-refractivity contribution in [1.29, 1.82) is 0 Å². The van der Waals surface area contributed by atoms with Gasteiger partial charge in [-0.3, -0.25) is 9.59 Å². The average Bonchev–Trinajstić information content (AvgIpc) is 2.33. The SMILES string of the molecule is CC.CCC(C(=O)OC(C)=O)C1=CC=CCC1. The molecule has 1 atom stereocenters. The number of carbonyl (C=O) groups excluding carboxylic acids is 2. The van der Waals surface area contributed by atoms with Crippen LogP contribution in [0.2, 0.25) is 0 Å². The van der Waals surface area contributed by atoms with Crippen LogP contribution in [0.3, 0.4) is 0 Å². The summed E-state index contributed by atoms with van der Waals surface area (Å²) in [5.74, 6) is -1.23. The second-order valence-corrected chi connectivity index (χ2v) is 3.58. The molecule has 0 spiro atoms. The third-order valence-corrected chi connectivity index (χ3v) is 2.43. The van der Waals surface area contributed by atoms with Gasteiger partial charge in [-0.2, -0.15) is 0 Å². The van der Waals surface area contributed by atoms with Gasteiger partial charge in [-0.05, 0) is 19.3 Å². The summed E-state index contributed by atoms with van der Waals surface area (Å²) in [6.45, 7) is 7.17. The molecule has 96 valence electrons. The molecule has 0 radical (unpaired) electrons. The van der Waals surface area contributed by atoms with Crippen LogP contribution in [0, 0.1) is 5.92 Å². The smallest absolute Gasteiger partial charge is 0.320 e. The number of esters is 2. The summed E-state index contributed by atoms with van der Waals surface area (Å²) in [6, 6.07) is 0. The highest BCUT2D eigenvalue weighted by Crippen LogP contribution is 2.24. The van der Waals surface area contributed by atoms with Crippen LogP contribution in [0.25, 0.3) is 0 Å². The highest BCUT2D eigenvalue weighted by molar-refractivity contribution is 5.87. The molecule has 0 bridgehead atoms. The highest BCUT2D eigenvalue weighted by Gasteiger charge is 2.23. The van der Waals surface area contributed by atoms with E-state index in [1.807, 2.05) is 32.9 Å². The fraction of sp³-hybridized carbons (Fsp3) is 0.571. The Kier molecular flexibility index (Phi) is 8.03. The molecule has 1 aliphatic rings. The Labute approximate surface area is 104 Å². The lowest BCUT2D eigenvalue weighted by atomic mass is 9.90. The van der Waals surface area contributed by atoms with E-state index in [1.54, 1.807) is 0 Å². The molecule has 0 amide bonds. The van der Waals surface area contributed by atoms with E-state index in [1.165, 1.54) is 6.92 Å². The van der Waals surface area contributed by atoms with Crippen molar-refractivity contribution in [3.8, 4) is 0 Å². The van der Waals surface area contributed by atoms with E-state index < -0.39 is 11.9 Å². The molecule has 0 fully saturated rings. The monoisotopic (exact) mass is 238 g/mol. The van der Waals surface area contributed by atoms with Crippen LogP contribution < -0.4 is 0 Å². The molecule has 0 aromatic heterocycles. The zero-order chi connectivity index (χ0) is 13.3. The van der Waals surface area contributed by atoms with E-state index in [4.69, 9.17) is 0 Å². The molecule has 1 unspecified atom stereocenters. The summed E-state index contributed by atoms with van der Waals surface area (Å²) in [5, 5.41) is 0. The van der Waals surface area contributed by atoms with Gasteiger partial charge in [0.2, 0.25) is 0 Å². The Balaban J connectivity index is 0.00000121. The highest BCUT2D eigenvalue weighted by atomic mass is 16.6. The molecule has 0 heterocycles. The Morgan fingerprint density at radius 3 is 2.47 bits per heavy atom. The second-order valence-electron chi connectivity index (χ2n) is 3.58. The summed E-state index contributed by atoms with van der Waals surface area (Å²) in [4.78, 5) is 22.3. The van der Waals surface area contributed by atoms with Crippen LogP contribution in [0.4, 0.5) is 0 Å². The Hall–Kier alpha value is -1.38. The van der Waals surface area contributed by atoms with E-state index in [9.17, 15) is 9.59 Å². The third-order valence-electron chi connectivity index (χ3n) is 2.43. The van der Waals surface area contributed by atoms with Crippen molar-refractivity contribution < 1.29 is 14.3 Å². The van der Waals surface area contributed by atoms with E-state index in [0.717, 1.165) is 18.4 Å². The zero-order valence-electron chi connectivity index (χ0n) is 11.2. The summed E-state index contributed by atoms with van der Waals surface area (Å²) in [5.41, 5.74) is 1.06. The molecule has 0 saturated carbocycles. The van der Waals surface area contributed by atoms with Gasteiger partial charge in [-0.15, -0.1) is 0 Å². The van der Waals surface area contributed by atoms with Gasteiger partial charge in [0.15, 0.2) is 0 Å². The van der Waals surface area contributed by atoms with Crippen molar-refractivity contribution in [2.75, 3.05) is 0 Å². The first-order valence-corrected chi connectivity index (χ1v) is 6.23. The molecule has 1 rings (SSSR count). The van der Waals surface area contributed by atoms with E-state index >= 15 is 0 Å². The number of carbonyl (C=O) groups is 2. The molecular weight excluding hydrogens is 216 g/mol. The quantitative estimate of drug-likeness (QED) is 0.559. The third kappa shape index (κ3) is 5.48. The maximum Gasteiger partial charge on any atom is 0.320 e. The second kappa shape index (κ2) is 8.74. The Morgan fingerprint density at radius 2 is 2.06 bits per heavy atom. The minimum Gasteiger partial charge on any atom is -0.393 e.